The minimum Gasteiger partial charge on any atom is -0.293 e. The van der Waals surface area contributed by atoms with Crippen LogP contribution in [0.4, 0.5) is 0 Å². The quantitative estimate of drug-likeness (QED) is 0.584. The Bertz CT molecular complexity index is 335. The average molecular weight is 290 g/mol. The van der Waals surface area contributed by atoms with Gasteiger partial charge >= 0.3 is 0 Å². The van der Waals surface area contributed by atoms with Crippen LogP contribution < -0.4 is 0 Å². The molecule has 0 bridgehead atoms. The van der Waals surface area contributed by atoms with Crippen molar-refractivity contribution in [2.45, 2.75) is 9.32 Å². The van der Waals surface area contributed by atoms with Gasteiger partial charge in [-0.1, -0.05) is 28.7 Å². The molecule has 1 aromatic rings. The molecule has 0 N–H and O–H groups in total. The van der Waals surface area contributed by atoms with E-state index in [-0.39, 0.29) is 5.78 Å². The first-order chi connectivity index (χ1) is 5.81. The maximum absolute atomic E-state index is 11.3. The summed E-state index contributed by atoms with van der Waals surface area (Å²) in [6.07, 6.45) is 0. The first-order valence-corrected chi connectivity index (χ1v) is 6.17. The van der Waals surface area contributed by atoms with Crippen LogP contribution in [0.1, 0.15) is 15.9 Å². The molecule has 1 aliphatic heterocycles. The topological polar surface area (TPSA) is 17.1 Å². The van der Waals surface area contributed by atoms with E-state index < -0.39 is 0 Å². The first-order valence-electron chi connectivity index (χ1n) is 3.66. The van der Waals surface area contributed by atoms with E-state index in [9.17, 15) is 4.79 Å². The zero-order chi connectivity index (χ0) is 8.55. The minimum absolute atomic E-state index is 0.279. The van der Waals surface area contributed by atoms with Crippen molar-refractivity contribution >= 4 is 40.1 Å². The minimum atomic E-state index is 0.279. The van der Waals surface area contributed by atoms with Gasteiger partial charge < -0.3 is 0 Å². The monoisotopic (exact) mass is 290 g/mol. The molecule has 0 fully saturated rings. The lowest BCUT2D eigenvalue weighted by Gasteiger charge is -1.98. The lowest BCUT2D eigenvalue weighted by molar-refractivity contribution is 0.102. The molecular formula is C9H7IOS. The molecule has 2 rings (SSSR count). The van der Waals surface area contributed by atoms with Crippen LogP contribution in [0.3, 0.4) is 0 Å². The second-order valence-corrected chi connectivity index (χ2v) is 4.46. The van der Waals surface area contributed by atoms with E-state index in [2.05, 4.69) is 34.7 Å². The molecule has 0 aliphatic carbocycles. The third-order valence-electron chi connectivity index (χ3n) is 1.86. The maximum Gasteiger partial charge on any atom is 0.174 e. The van der Waals surface area contributed by atoms with Crippen LogP contribution in [0.25, 0.3) is 0 Å². The maximum atomic E-state index is 11.3. The second-order valence-electron chi connectivity index (χ2n) is 2.68. The van der Waals surface area contributed by atoms with Gasteiger partial charge in [0.15, 0.2) is 5.78 Å². The van der Waals surface area contributed by atoms with E-state index >= 15 is 0 Å². The molecule has 1 aliphatic rings. The highest BCUT2D eigenvalue weighted by atomic mass is 127. The molecule has 0 radical (unpaired) electrons. The summed E-state index contributed by atoms with van der Waals surface area (Å²) in [6, 6.07) is 6.17. The Balaban J connectivity index is 2.50. The molecule has 0 atom stereocenters. The fourth-order valence-corrected chi connectivity index (χ4v) is 2.63. The molecule has 62 valence electrons. The number of alkyl halides is 1. The lowest BCUT2D eigenvalue weighted by Crippen LogP contribution is -1.95. The van der Waals surface area contributed by atoms with E-state index in [1.54, 1.807) is 11.8 Å². The van der Waals surface area contributed by atoms with E-state index in [4.69, 9.17) is 0 Å². The number of thioether (sulfide) groups is 1. The zero-order valence-electron chi connectivity index (χ0n) is 6.34. The van der Waals surface area contributed by atoms with Gasteiger partial charge in [-0.2, -0.15) is 0 Å². The molecule has 0 amide bonds. The number of hydrogen-bond donors (Lipinski definition) is 0. The van der Waals surface area contributed by atoms with Crippen molar-refractivity contribution in [3.05, 3.63) is 29.3 Å². The Morgan fingerprint density at radius 3 is 3.08 bits per heavy atom. The van der Waals surface area contributed by atoms with Crippen molar-refractivity contribution in [2.24, 2.45) is 0 Å². The molecule has 0 aromatic heterocycles. The summed E-state index contributed by atoms with van der Waals surface area (Å²) in [4.78, 5) is 12.5. The molecule has 0 saturated carbocycles. The average Bonchev–Trinajstić information content (AvgIpc) is 2.47. The van der Waals surface area contributed by atoms with Gasteiger partial charge in [-0.05, 0) is 17.7 Å². The molecule has 0 saturated heterocycles. The van der Waals surface area contributed by atoms with Crippen molar-refractivity contribution in [3.8, 4) is 0 Å². The number of hydrogen-bond acceptors (Lipinski definition) is 2. The number of Topliss-reactive ketones (excluding diaryl/α,β-unsaturated/α-hetero) is 1. The molecule has 1 heterocycles. The third-order valence-corrected chi connectivity index (χ3v) is 3.81. The molecule has 1 aromatic carbocycles. The smallest absolute Gasteiger partial charge is 0.174 e. The fraction of sp³-hybridized carbons (Fsp3) is 0.222. The number of carbonyl (C=O) groups excluding carboxylic acids is 1. The Kier molecular flexibility index (Phi) is 2.41. The van der Waals surface area contributed by atoms with E-state index in [1.807, 2.05) is 6.07 Å². The summed E-state index contributed by atoms with van der Waals surface area (Å²) < 4.78 is 0.975. The van der Waals surface area contributed by atoms with Crippen LogP contribution in [0.5, 0.6) is 0 Å². The standard InChI is InChI=1S/C9H7IOS/c10-4-6-1-2-9-7(3-6)8(11)5-12-9/h1-3H,4-5H2. The summed E-state index contributed by atoms with van der Waals surface area (Å²) >= 11 is 3.95. The van der Waals surface area contributed by atoms with E-state index in [1.165, 1.54) is 5.56 Å². The fourth-order valence-electron chi connectivity index (χ4n) is 1.23. The van der Waals surface area contributed by atoms with E-state index in [0.717, 1.165) is 14.9 Å². The highest BCUT2D eigenvalue weighted by Gasteiger charge is 2.19. The van der Waals surface area contributed by atoms with Crippen molar-refractivity contribution in [2.75, 3.05) is 5.75 Å². The number of benzene rings is 1. The third kappa shape index (κ3) is 1.40. The lowest BCUT2D eigenvalue weighted by atomic mass is 10.1. The molecule has 0 unspecified atom stereocenters. The van der Waals surface area contributed by atoms with Crippen molar-refractivity contribution < 1.29 is 4.79 Å². The number of fused-ring (bicyclic) bond motifs is 1. The van der Waals surface area contributed by atoms with E-state index in [0.29, 0.717) is 5.75 Å². The second kappa shape index (κ2) is 3.38. The van der Waals surface area contributed by atoms with Crippen LogP contribution in [-0.2, 0) is 4.43 Å². The Hall–Kier alpha value is -0.0300. The summed E-state index contributed by atoms with van der Waals surface area (Å²) in [5.74, 6) is 0.904. The predicted octanol–water partition coefficient (Wildman–Crippen LogP) is 2.91. The van der Waals surface area contributed by atoms with Gasteiger partial charge in [-0.3, -0.25) is 4.79 Å². The van der Waals surface area contributed by atoms with Gasteiger partial charge in [0.1, 0.15) is 0 Å². The molecule has 0 spiro atoms. The van der Waals surface area contributed by atoms with Crippen molar-refractivity contribution in [3.63, 3.8) is 0 Å². The van der Waals surface area contributed by atoms with Crippen LogP contribution in [-0.4, -0.2) is 11.5 Å². The van der Waals surface area contributed by atoms with Gasteiger partial charge in [-0.25, -0.2) is 0 Å². The molecule has 3 heteroatoms. The Labute approximate surface area is 89.1 Å². The molecular weight excluding hydrogens is 283 g/mol. The Morgan fingerprint density at radius 1 is 1.50 bits per heavy atom. The molecule has 1 nitrogen and oxygen atoms in total. The summed E-state index contributed by atoms with van der Waals surface area (Å²) in [5.41, 5.74) is 2.17. The number of carbonyl (C=O) groups is 1. The van der Waals surface area contributed by atoms with Gasteiger partial charge in [0, 0.05) is 14.9 Å². The number of ketones is 1. The normalized spacial score (nSPS) is 14.9. The first kappa shape index (κ1) is 8.56. The SMILES string of the molecule is O=C1CSc2ccc(CI)cc21. The van der Waals surface area contributed by atoms with Gasteiger partial charge in [0.2, 0.25) is 0 Å². The highest BCUT2D eigenvalue weighted by molar-refractivity contribution is 14.1. The van der Waals surface area contributed by atoms with Crippen LogP contribution in [0, 0.1) is 0 Å². The van der Waals surface area contributed by atoms with Crippen LogP contribution >= 0.6 is 34.4 Å². The van der Waals surface area contributed by atoms with Gasteiger partial charge in [-0.15, -0.1) is 11.8 Å². The molecule has 12 heavy (non-hydrogen) atoms. The van der Waals surface area contributed by atoms with Gasteiger partial charge in [0.25, 0.3) is 0 Å². The van der Waals surface area contributed by atoms with Crippen LogP contribution in [0.15, 0.2) is 23.1 Å². The largest absolute Gasteiger partial charge is 0.293 e. The number of rotatable bonds is 1. The Morgan fingerprint density at radius 2 is 2.33 bits per heavy atom. The zero-order valence-corrected chi connectivity index (χ0v) is 9.31. The van der Waals surface area contributed by atoms with Crippen molar-refractivity contribution in [1.82, 2.24) is 0 Å². The summed E-state index contributed by atoms with van der Waals surface area (Å²) in [5, 5.41) is 0. The summed E-state index contributed by atoms with van der Waals surface area (Å²) in [6.45, 7) is 0. The van der Waals surface area contributed by atoms with Crippen LogP contribution in [0.2, 0.25) is 0 Å². The number of halogens is 1. The van der Waals surface area contributed by atoms with Crippen molar-refractivity contribution in [1.29, 1.82) is 0 Å². The summed E-state index contributed by atoms with van der Waals surface area (Å²) in [7, 11) is 0. The highest BCUT2D eigenvalue weighted by Crippen LogP contribution is 2.31. The predicted molar refractivity (Wildman–Crippen MR) is 59.2 cm³/mol. The van der Waals surface area contributed by atoms with Gasteiger partial charge in [0.05, 0.1) is 5.75 Å².